The zero-order valence-electron chi connectivity index (χ0n) is 33.1. The van der Waals surface area contributed by atoms with Gasteiger partial charge in [-0.05, 0) is 85.3 Å². The molecule has 0 unspecified atom stereocenters. The van der Waals surface area contributed by atoms with Gasteiger partial charge in [-0.25, -0.2) is 13.2 Å². The number of amides is 5. The predicted molar refractivity (Wildman–Crippen MR) is 206 cm³/mol. The van der Waals surface area contributed by atoms with Gasteiger partial charge in [0, 0.05) is 26.1 Å². The number of carbonyl (C=O) groups is 5. The van der Waals surface area contributed by atoms with Crippen molar-refractivity contribution in [2.75, 3.05) is 19.8 Å². The molecule has 5 atom stereocenters. The third-order valence-corrected chi connectivity index (χ3v) is 14.9. The lowest BCUT2D eigenvalue weighted by Crippen LogP contribution is -2.59. The fourth-order valence-corrected chi connectivity index (χ4v) is 10.7. The highest BCUT2D eigenvalue weighted by molar-refractivity contribution is 7.91. The smallest absolute Gasteiger partial charge is 0.407 e. The molecule has 4 bridgehead atoms. The molecule has 3 heterocycles. The van der Waals surface area contributed by atoms with Crippen LogP contribution in [0.4, 0.5) is 4.79 Å². The second kappa shape index (κ2) is 16.3. The Morgan fingerprint density at radius 1 is 0.982 bits per heavy atom. The Balaban J connectivity index is 1.15. The van der Waals surface area contributed by atoms with Gasteiger partial charge in [0.25, 0.3) is 5.91 Å². The first kappa shape index (κ1) is 40.5. The number of nitrogens with zero attached hydrogens (tertiary/aromatic N) is 2. The fourth-order valence-electron chi connectivity index (χ4n) is 9.34. The molecule has 0 aromatic heterocycles. The third-order valence-electron chi connectivity index (χ3n) is 13.1. The van der Waals surface area contributed by atoms with Crippen molar-refractivity contribution < 1.29 is 41.9 Å². The minimum atomic E-state index is -3.86. The number of sulfonamides is 1. The lowest BCUT2D eigenvalue weighted by atomic mass is 9.83. The van der Waals surface area contributed by atoms with Crippen molar-refractivity contribution in [1.29, 1.82) is 0 Å². The molecular weight excluding hydrogens is 739 g/mol. The van der Waals surface area contributed by atoms with E-state index >= 15 is 0 Å². The Morgan fingerprint density at radius 2 is 1.73 bits per heavy atom. The van der Waals surface area contributed by atoms with Crippen molar-refractivity contribution in [2.45, 2.75) is 153 Å². The lowest BCUT2D eigenvalue weighted by molar-refractivity contribution is -0.142. The summed E-state index contributed by atoms with van der Waals surface area (Å²) in [6, 6.07) is 4.16. The normalized spacial score (nSPS) is 30.5. The van der Waals surface area contributed by atoms with Gasteiger partial charge in [-0.15, -0.1) is 0 Å². The van der Waals surface area contributed by atoms with Gasteiger partial charge >= 0.3 is 6.09 Å². The Hall–Kier alpha value is -3.72. The minimum Gasteiger partial charge on any atom is -0.449 e. The molecule has 6 aliphatic rings. The maximum absolute atomic E-state index is 14.8. The van der Waals surface area contributed by atoms with E-state index in [0.29, 0.717) is 32.4 Å². The van der Waals surface area contributed by atoms with Crippen LogP contribution < -0.4 is 15.4 Å². The van der Waals surface area contributed by atoms with Gasteiger partial charge < -0.3 is 29.9 Å². The summed E-state index contributed by atoms with van der Waals surface area (Å²) in [7, 11) is -3.86. The lowest BCUT2D eigenvalue weighted by Gasteiger charge is -2.35. The van der Waals surface area contributed by atoms with Crippen LogP contribution in [0.15, 0.2) is 18.2 Å². The SMILES string of the molecule is CC[C@@H]1C[C@]1(NC(=O)[C@@H]1C[C@@H]2CN1C(=O)[C@H](C1CCCCC1)NC(=O)OCC(C)(C)CCCCc1cccc3c1CN(C3)C(=O)CO2)C(=O)NS(=O)(=O)C1CC1. The highest BCUT2D eigenvalue weighted by Crippen LogP contribution is 2.47. The molecule has 1 aromatic carbocycles. The minimum absolute atomic E-state index is 0.00594. The monoisotopic (exact) mass is 797 g/mol. The number of nitrogens with one attached hydrogen (secondary N) is 3. The second-order valence-electron chi connectivity index (χ2n) is 17.9. The molecule has 5 amide bonds. The van der Waals surface area contributed by atoms with Crippen molar-refractivity contribution >= 4 is 39.7 Å². The number of carbonyl (C=O) groups excluding carboxylic acids is 5. The van der Waals surface area contributed by atoms with Gasteiger partial charge in [0.15, 0.2) is 0 Å². The summed E-state index contributed by atoms with van der Waals surface area (Å²) >= 11 is 0. The summed E-state index contributed by atoms with van der Waals surface area (Å²) in [5, 5.41) is 5.17. The Bertz CT molecular complexity index is 1810. The quantitative estimate of drug-likeness (QED) is 0.370. The van der Waals surface area contributed by atoms with Gasteiger partial charge in [-0.2, -0.15) is 0 Å². The molecule has 1 aromatic rings. The average molecular weight is 798 g/mol. The van der Waals surface area contributed by atoms with E-state index in [1.807, 2.05) is 13.0 Å². The summed E-state index contributed by atoms with van der Waals surface area (Å²) in [5.41, 5.74) is 1.78. The van der Waals surface area contributed by atoms with Gasteiger partial charge in [0.2, 0.25) is 27.7 Å². The molecule has 56 heavy (non-hydrogen) atoms. The van der Waals surface area contributed by atoms with Crippen molar-refractivity contribution in [2.24, 2.45) is 17.3 Å². The van der Waals surface area contributed by atoms with Crippen LogP contribution >= 0.6 is 0 Å². The number of cyclic esters (lactones) is 1. The van der Waals surface area contributed by atoms with Crippen LogP contribution in [0.25, 0.3) is 0 Å². The zero-order valence-corrected chi connectivity index (χ0v) is 33.9. The summed E-state index contributed by atoms with van der Waals surface area (Å²) in [6.45, 7) is 6.91. The maximum atomic E-state index is 14.8. The molecule has 14 nitrogen and oxygen atoms in total. The molecule has 0 radical (unpaired) electrons. The molecule has 3 aliphatic carbocycles. The van der Waals surface area contributed by atoms with Gasteiger partial charge in [0.05, 0.1) is 18.0 Å². The molecule has 15 heteroatoms. The molecule has 4 fully saturated rings. The van der Waals surface area contributed by atoms with Crippen LogP contribution in [0.5, 0.6) is 0 Å². The molecule has 308 valence electrons. The molecule has 3 aliphatic heterocycles. The van der Waals surface area contributed by atoms with Crippen molar-refractivity contribution in [3.63, 3.8) is 0 Å². The summed E-state index contributed by atoms with van der Waals surface area (Å²) in [6.07, 6.45) is 8.31. The van der Waals surface area contributed by atoms with Gasteiger partial charge in [0.1, 0.15) is 24.2 Å². The van der Waals surface area contributed by atoms with Crippen LogP contribution in [0.2, 0.25) is 0 Å². The number of alkyl carbamates (subject to hydrolysis) is 1. The first-order valence-corrected chi connectivity index (χ1v) is 22.3. The second-order valence-corrected chi connectivity index (χ2v) is 19.9. The van der Waals surface area contributed by atoms with E-state index in [0.717, 1.165) is 63.4 Å². The molecule has 0 spiro atoms. The fraction of sp³-hybridized carbons (Fsp3) is 0.732. The number of ether oxygens (including phenoxy) is 2. The van der Waals surface area contributed by atoms with E-state index in [9.17, 15) is 32.4 Å². The number of hydrogen-bond donors (Lipinski definition) is 3. The van der Waals surface area contributed by atoms with Crippen molar-refractivity contribution in [3.8, 4) is 0 Å². The predicted octanol–water partition coefficient (Wildman–Crippen LogP) is 3.84. The summed E-state index contributed by atoms with van der Waals surface area (Å²) in [5.74, 6) is -2.46. The summed E-state index contributed by atoms with van der Waals surface area (Å²) < 4.78 is 39.7. The topological polar surface area (TPSA) is 181 Å². The van der Waals surface area contributed by atoms with E-state index < -0.39 is 62.8 Å². The molecule has 7 rings (SSSR count). The van der Waals surface area contributed by atoms with E-state index in [-0.39, 0.29) is 55.8 Å². The van der Waals surface area contributed by atoms with Crippen LogP contribution in [0.1, 0.15) is 121 Å². The van der Waals surface area contributed by atoms with Gasteiger partial charge in [-0.1, -0.05) is 71.1 Å². The van der Waals surface area contributed by atoms with Crippen LogP contribution in [0, 0.1) is 17.3 Å². The molecule has 3 saturated carbocycles. The third kappa shape index (κ3) is 8.88. The number of aryl methyl sites for hydroxylation is 1. The largest absolute Gasteiger partial charge is 0.449 e. The standard InChI is InChI=1S/C41H59N5O9S/c1-4-29-20-41(29,38(50)44-56(52,53)31-16-17-31)43-36(48)33-19-30-22-46(33)37(49)35(27-12-6-5-7-13-27)42-39(51)55-25-40(2,3)18-9-8-11-26-14-10-15-28-21-45(23-32(26)28)34(47)24-54-30/h10,14-15,27,29-31,33,35H,4-9,11-13,16-25H2,1-3H3,(H,42,51)(H,43,48)(H,44,50)/t29-,30-,33+,35+,41-/m1/s1. The number of rotatable bonds is 7. The van der Waals surface area contributed by atoms with E-state index in [1.54, 1.807) is 4.90 Å². The average Bonchev–Trinajstić information content (AvgIpc) is 4.07. The molecule has 1 saturated heterocycles. The Labute approximate surface area is 330 Å². The van der Waals surface area contributed by atoms with E-state index in [4.69, 9.17) is 9.47 Å². The highest BCUT2D eigenvalue weighted by atomic mass is 32.2. The molecule has 3 N–H and O–H groups in total. The Kier molecular flexibility index (Phi) is 11.8. The van der Waals surface area contributed by atoms with Crippen LogP contribution in [-0.4, -0.2) is 96.7 Å². The first-order chi connectivity index (χ1) is 26.7. The van der Waals surface area contributed by atoms with E-state index in [2.05, 4.69) is 41.3 Å². The van der Waals surface area contributed by atoms with Crippen LogP contribution in [0.3, 0.4) is 0 Å². The van der Waals surface area contributed by atoms with E-state index in [1.165, 1.54) is 16.0 Å². The van der Waals surface area contributed by atoms with Gasteiger partial charge in [-0.3, -0.25) is 23.9 Å². The molecular formula is C41H59N5O9S. The highest BCUT2D eigenvalue weighted by Gasteiger charge is 2.62. The Morgan fingerprint density at radius 3 is 2.45 bits per heavy atom. The number of fused-ring (bicyclic) bond motifs is 3. The number of hydrogen-bond acceptors (Lipinski definition) is 9. The maximum Gasteiger partial charge on any atom is 0.407 e. The first-order valence-electron chi connectivity index (χ1n) is 20.8. The number of benzene rings is 1. The zero-order chi connectivity index (χ0) is 39.8. The summed E-state index contributed by atoms with van der Waals surface area (Å²) in [4.78, 5) is 73.0. The van der Waals surface area contributed by atoms with Crippen LogP contribution in [-0.2, 0) is 58.2 Å². The van der Waals surface area contributed by atoms with Crippen molar-refractivity contribution in [3.05, 3.63) is 34.9 Å². The van der Waals surface area contributed by atoms with Crippen molar-refractivity contribution in [1.82, 2.24) is 25.2 Å².